The maximum atomic E-state index is 4.36. The van der Waals surface area contributed by atoms with Crippen molar-refractivity contribution in [2.45, 2.75) is 20.0 Å². The first-order valence-electron chi connectivity index (χ1n) is 5.73. The standard InChI is InChI=1S/C13H16BrN3/c1-2-15-7-11-5-6-17(9-11)10-13-4-3-12(14)8-16-13/h3-6,8-9,15H,2,7,10H2,1H3. The van der Waals surface area contributed by atoms with E-state index >= 15 is 0 Å². The fraction of sp³-hybridized carbons (Fsp3) is 0.308. The van der Waals surface area contributed by atoms with Gasteiger partial charge >= 0.3 is 0 Å². The Morgan fingerprint density at radius 3 is 2.94 bits per heavy atom. The van der Waals surface area contributed by atoms with Gasteiger partial charge in [-0.15, -0.1) is 0 Å². The molecule has 0 atom stereocenters. The number of aromatic nitrogens is 2. The van der Waals surface area contributed by atoms with Gasteiger partial charge in [0, 0.05) is 29.6 Å². The van der Waals surface area contributed by atoms with E-state index < -0.39 is 0 Å². The molecule has 0 bridgehead atoms. The molecule has 1 N–H and O–H groups in total. The van der Waals surface area contributed by atoms with Crippen LogP contribution >= 0.6 is 15.9 Å². The van der Waals surface area contributed by atoms with Crippen molar-refractivity contribution in [2.75, 3.05) is 6.54 Å². The van der Waals surface area contributed by atoms with Gasteiger partial charge in [-0.05, 0) is 46.2 Å². The van der Waals surface area contributed by atoms with Crippen molar-refractivity contribution in [1.82, 2.24) is 14.9 Å². The van der Waals surface area contributed by atoms with Crippen LogP contribution in [0.4, 0.5) is 0 Å². The Morgan fingerprint density at radius 1 is 1.35 bits per heavy atom. The molecule has 0 amide bonds. The summed E-state index contributed by atoms with van der Waals surface area (Å²) < 4.78 is 3.17. The summed E-state index contributed by atoms with van der Waals surface area (Å²) in [5, 5.41) is 3.31. The van der Waals surface area contributed by atoms with E-state index in [0.29, 0.717) is 0 Å². The lowest BCUT2D eigenvalue weighted by Gasteiger charge is -2.02. The third-order valence-electron chi connectivity index (χ3n) is 2.52. The SMILES string of the molecule is CCNCc1ccn(Cc2ccc(Br)cn2)c1. The minimum atomic E-state index is 0.819. The molecule has 90 valence electrons. The molecule has 0 saturated heterocycles. The van der Waals surface area contributed by atoms with Gasteiger partial charge < -0.3 is 9.88 Å². The Labute approximate surface area is 110 Å². The van der Waals surface area contributed by atoms with E-state index in [2.05, 4.69) is 56.2 Å². The number of nitrogens with zero attached hydrogens (tertiary/aromatic N) is 2. The second kappa shape index (κ2) is 5.98. The van der Waals surface area contributed by atoms with Crippen molar-refractivity contribution < 1.29 is 0 Å². The minimum absolute atomic E-state index is 0.819. The van der Waals surface area contributed by atoms with E-state index in [9.17, 15) is 0 Å². The molecule has 2 aromatic heterocycles. The highest BCUT2D eigenvalue weighted by Crippen LogP contribution is 2.09. The van der Waals surface area contributed by atoms with E-state index in [4.69, 9.17) is 0 Å². The molecule has 3 nitrogen and oxygen atoms in total. The van der Waals surface area contributed by atoms with Crippen LogP contribution in [0.3, 0.4) is 0 Å². The molecule has 0 aliphatic heterocycles. The smallest absolute Gasteiger partial charge is 0.0642 e. The molecule has 2 rings (SSSR count). The van der Waals surface area contributed by atoms with Gasteiger partial charge in [0.05, 0.1) is 12.2 Å². The molecule has 0 unspecified atom stereocenters. The lowest BCUT2D eigenvalue weighted by Crippen LogP contribution is -2.11. The molecule has 17 heavy (non-hydrogen) atoms. The topological polar surface area (TPSA) is 29.9 Å². The lowest BCUT2D eigenvalue weighted by molar-refractivity contribution is 0.719. The molecule has 0 aliphatic rings. The van der Waals surface area contributed by atoms with Gasteiger partial charge in [0.2, 0.25) is 0 Å². The van der Waals surface area contributed by atoms with E-state index in [1.165, 1.54) is 5.56 Å². The Hall–Kier alpha value is -1.13. The van der Waals surface area contributed by atoms with Gasteiger partial charge in [-0.2, -0.15) is 0 Å². The van der Waals surface area contributed by atoms with Crippen molar-refractivity contribution in [3.8, 4) is 0 Å². The third-order valence-corrected chi connectivity index (χ3v) is 2.99. The van der Waals surface area contributed by atoms with Crippen LogP contribution in [0.2, 0.25) is 0 Å². The van der Waals surface area contributed by atoms with Gasteiger partial charge in [-0.3, -0.25) is 4.98 Å². The zero-order valence-electron chi connectivity index (χ0n) is 9.86. The average Bonchev–Trinajstić information content (AvgIpc) is 2.77. The second-order valence-electron chi connectivity index (χ2n) is 3.94. The first-order valence-corrected chi connectivity index (χ1v) is 6.53. The summed E-state index contributed by atoms with van der Waals surface area (Å²) in [6, 6.07) is 6.20. The summed E-state index contributed by atoms with van der Waals surface area (Å²) in [6.45, 7) is 4.86. The summed E-state index contributed by atoms with van der Waals surface area (Å²) in [5.74, 6) is 0. The van der Waals surface area contributed by atoms with Crippen LogP contribution in [0.5, 0.6) is 0 Å². The summed E-state index contributed by atoms with van der Waals surface area (Å²) >= 11 is 3.39. The molecule has 0 fully saturated rings. The highest BCUT2D eigenvalue weighted by atomic mass is 79.9. The van der Waals surface area contributed by atoms with Crippen LogP contribution in [0.1, 0.15) is 18.2 Å². The Bertz CT molecular complexity index is 462. The molecule has 0 aromatic carbocycles. The molecule has 2 heterocycles. The Morgan fingerprint density at radius 2 is 2.24 bits per heavy atom. The van der Waals surface area contributed by atoms with Gasteiger partial charge in [0.25, 0.3) is 0 Å². The minimum Gasteiger partial charge on any atom is -0.348 e. The van der Waals surface area contributed by atoms with Gasteiger partial charge in [-0.1, -0.05) is 6.92 Å². The number of rotatable bonds is 5. The van der Waals surface area contributed by atoms with E-state index in [-0.39, 0.29) is 0 Å². The maximum Gasteiger partial charge on any atom is 0.0642 e. The zero-order chi connectivity index (χ0) is 12.1. The van der Waals surface area contributed by atoms with E-state index in [0.717, 1.165) is 29.8 Å². The van der Waals surface area contributed by atoms with Crippen LogP contribution in [0.15, 0.2) is 41.3 Å². The Kier molecular flexibility index (Phi) is 4.34. The number of hydrogen-bond donors (Lipinski definition) is 1. The summed E-state index contributed by atoms with van der Waals surface area (Å²) in [6.07, 6.45) is 6.08. The van der Waals surface area contributed by atoms with Gasteiger partial charge in [0.1, 0.15) is 0 Å². The van der Waals surface area contributed by atoms with Crippen molar-refractivity contribution in [3.63, 3.8) is 0 Å². The molecule has 2 aromatic rings. The number of halogens is 1. The van der Waals surface area contributed by atoms with Crippen LogP contribution in [-0.4, -0.2) is 16.1 Å². The third kappa shape index (κ3) is 3.68. The van der Waals surface area contributed by atoms with E-state index in [1.54, 1.807) is 0 Å². The van der Waals surface area contributed by atoms with Crippen molar-refractivity contribution in [3.05, 3.63) is 52.5 Å². The summed E-state index contributed by atoms with van der Waals surface area (Å²) in [7, 11) is 0. The number of pyridine rings is 1. The van der Waals surface area contributed by atoms with Crippen molar-refractivity contribution in [2.24, 2.45) is 0 Å². The second-order valence-corrected chi connectivity index (χ2v) is 4.86. The predicted molar refractivity (Wildman–Crippen MR) is 72.9 cm³/mol. The highest BCUT2D eigenvalue weighted by molar-refractivity contribution is 9.10. The molecule has 0 aliphatic carbocycles. The summed E-state index contributed by atoms with van der Waals surface area (Å²) in [5.41, 5.74) is 2.38. The quantitative estimate of drug-likeness (QED) is 0.919. The molecule has 0 spiro atoms. The Balaban J connectivity index is 1.98. The van der Waals surface area contributed by atoms with E-state index in [1.807, 2.05) is 18.3 Å². The number of nitrogens with one attached hydrogen (secondary N) is 1. The van der Waals surface area contributed by atoms with Gasteiger partial charge in [-0.25, -0.2) is 0 Å². The zero-order valence-corrected chi connectivity index (χ0v) is 11.4. The van der Waals surface area contributed by atoms with Crippen LogP contribution in [0.25, 0.3) is 0 Å². The maximum absolute atomic E-state index is 4.36. The van der Waals surface area contributed by atoms with Crippen molar-refractivity contribution in [1.29, 1.82) is 0 Å². The first-order chi connectivity index (χ1) is 8.28. The fourth-order valence-corrected chi connectivity index (χ4v) is 1.88. The molecule has 0 saturated carbocycles. The van der Waals surface area contributed by atoms with Gasteiger partial charge in [0.15, 0.2) is 0 Å². The normalized spacial score (nSPS) is 10.7. The first kappa shape index (κ1) is 12.3. The molecular weight excluding hydrogens is 278 g/mol. The lowest BCUT2D eigenvalue weighted by atomic mass is 10.3. The highest BCUT2D eigenvalue weighted by Gasteiger charge is 1.99. The average molecular weight is 294 g/mol. The monoisotopic (exact) mass is 293 g/mol. The van der Waals surface area contributed by atoms with Crippen LogP contribution in [-0.2, 0) is 13.1 Å². The summed E-state index contributed by atoms with van der Waals surface area (Å²) in [4.78, 5) is 4.36. The van der Waals surface area contributed by atoms with Crippen LogP contribution < -0.4 is 5.32 Å². The fourth-order valence-electron chi connectivity index (χ4n) is 1.65. The number of hydrogen-bond acceptors (Lipinski definition) is 2. The van der Waals surface area contributed by atoms with Crippen molar-refractivity contribution >= 4 is 15.9 Å². The van der Waals surface area contributed by atoms with Crippen LogP contribution in [0, 0.1) is 0 Å². The largest absolute Gasteiger partial charge is 0.348 e. The predicted octanol–water partition coefficient (Wildman–Crippen LogP) is 2.80. The molecule has 0 radical (unpaired) electrons. The molecular formula is C13H16BrN3. The molecule has 4 heteroatoms.